The van der Waals surface area contributed by atoms with Gasteiger partial charge in [-0.05, 0) is 57.0 Å². The SMILES string of the molecule is CC1CCCN(CCC2CCCC2(O)CN)C1. The summed E-state index contributed by atoms with van der Waals surface area (Å²) in [5, 5.41) is 10.4. The van der Waals surface area contributed by atoms with Crippen molar-refractivity contribution in [2.24, 2.45) is 17.6 Å². The summed E-state index contributed by atoms with van der Waals surface area (Å²) in [7, 11) is 0. The van der Waals surface area contributed by atoms with Gasteiger partial charge in [0, 0.05) is 13.1 Å². The second-order valence-corrected chi connectivity index (χ2v) is 6.23. The first-order chi connectivity index (χ1) is 8.14. The third kappa shape index (κ3) is 3.21. The molecule has 3 atom stereocenters. The Labute approximate surface area is 105 Å². The monoisotopic (exact) mass is 240 g/mol. The Kier molecular flexibility index (Phi) is 4.45. The van der Waals surface area contributed by atoms with Crippen LogP contribution in [0.4, 0.5) is 0 Å². The van der Waals surface area contributed by atoms with Gasteiger partial charge in [-0.1, -0.05) is 13.3 Å². The highest BCUT2D eigenvalue weighted by molar-refractivity contribution is 4.93. The molecule has 2 aliphatic rings. The van der Waals surface area contributed by atoms with Crippen LogP contribution < -0.4 is 5.73 Å². The van der Waals surface area contributed by atoms with Crippen molar-refractivity contribution < 1.29 is 5.11 Å². The van der Waals surface area contributed by atoms with Crippen LogP contribution in [0.3, 0.4) is 0 Å². The Morgan fingerprint density at radius 2 is 2.18 bits per heavy atom. The summed E-state index contributed by atoms with van der Waals surface area (Å²) in [5.41, 5.74) is 5.17. The van der Waals surface area contributed by atoms with Gasteiger partial charge < -0.3 is 15.7 Å². The molecule has 1 heterocycles. The fourth-order valence-electron chi connectivity index (χ4n) is 3.64. The zero-order valence-electron chi connectivity index (χ0n) is 11.2. The highest BCUT2D eigenvalue weighted by Crippen LogP contribution is 2.37. The van der Waals surface area contributed by atoms with E-state index in [0.717, 1.165) is 38.1 Å². The molecule has 1 saturated heterocycles. The van der Waals surface area contributed by atoms with Crippen molar-refractivity contribution >= 4 is 0 Å². The van der Waals surface area contributed by atoms with Crippen LogP contribution in [0.5, 0.6) is 0 Å². The predicted octanol–water partition coefficient (Wildman–Crippen LogP) is 1.60. The van der Waals surface area contributed by atoms with Crippen LogP contribution in [0.1, 0.15) is 45.4 Å². The molecule has 0 aromatic carbocycles. The maximum absolute atomic E-state index is 10.4. The lowest BCUT2D eigenvalue weighted by Gasteiger charge is -2.34. The van der Waals surface area contributed by atoms with Crippen molar-refractivity contribution in [1.29, 1.82) is 0 Å². The number of nitrogens with two attached hydrogens (primary N) is 1. The number of piperidine rings is 1. The van der Waals surface area contributed by atoms with Crippen LogP contribution in [0.15, 0.2) is 0 Å². The van der Waals surface area contributed by atoms with Gasteiger partial charge in [0.25, 0.3) is 0 Å². The van der Waals surface area contributed by atoms with Gasteiger partial charge in [-0.25, -0.2) is 0 Å². The summed E-state index contributed by atoms with van der Waals surface area (Å²) in [6.45, 7) is 6.43. The number of nitrogens with zero attached hydrogens (tertiary/aromatic N) is 1. The highest BCUT2D eigenvalue weighted by Gasteiger charge is 2.39. The Balaban J connectivity index is 1.77. The zero-order valence-corrected chi connectivity index (χ0v) is 11.2. The smallest absolute Gasteiger partial charge is 0.0797 e. The van der Waals surface area contributed by atoms with Crippen molar-refractivity contribution in [3.63, 3.8) is 0 Å². The molecule has 3 N–H and O–H groups in total. The van der Waals surface area contributed by atoms with E-state index in [4.69, 9.17) is 5.73 Å². The van der Waals surface area contributed by atoms with E-state index in [-0.39, 0.29) is 0 Å². The average molecular weight is 240 g/mol. The molecule has 0 aromatic heterocycles. The molecule has 3 heteroatoms. The molecule has 3 unspecified atom stereocenters. The van der Waals surface area contributed by atoms with E-state index in [2.05, 4.69) is 11.8 Å². The number of likely N-dealkylation sites (tertiary alicyclic amines) is 1. The lowest BCUT2D eigenvalue weighted by molar-refractivity contribution is 0.00323. The predicted molar refractivity (Wildman–Crippen MR) is 70.8 cm³/mol. The normalized spacial score (nSPS) is 39.7. The molecule has 3 nitrogen and oxygen atoms in total. The van der Waals surface area contributed by atoms with Crippen LogP contribution in [-0.4, -0.2) is 41.8 Å². The van der Waals surface area contributed by atoms with E-state index in [1.165, 1.54) is 25.9 Å². The maximum Gasteiger partial charge on any atom is 0.0797 e. The van der Waals surface area contributed by atoms with E-state index in [9.17, 15) is 5.11 Å². The minimum absolute atomic E-state index is 0.435. The topological polar surface area (TPSA) is 49.5 Å². The number of hydrogen-bond donors (Lipinski definition) is 2. The molecule has 1 aliphatic carbocycles. The fraction of sp³-hybridized carbons (Fsp3) is 1.00. The Morgan fingerprint density at radius 3 is 2.88 bits per heavy atom. The van der Waals surface area contributed by atoms with E-state index in [1.54, 1.807) is 0 Å². The molecular weight excluding hydrogens is 212 g/mol. The quantitative estimate of drug-likeness (QED) is 0.785. The van der Waals surface area contributed by atoms with Crippen molar-refractivity contribution in [2.75, 3.05) is 26.2 Å². The molecule has 17 heavy (non-hydrogen) atoms. The second-order valence-electron chi connectivity index (χ2n) is 6.23. The Bertz CT molecular complexity index is 246. The lowest BCUT2D eigenvalue weighted by atomic mass is 9.88. The molecule has 0 bridgehead atoms. The average Bonchev–Trinajstić information content (AvgIpc) is 2.69. The van der Waals surface area contributed by atoms with E-state index in [0.29, 0.717) is 12.5 Å². The minimum atomic E-state index is -0.554. The van der Waals surface area contributed by atoms with Gasteiger partial charge >= 0.3 is 0 Å². The van der Waals surface area contributed by atoms with Gasteiger partial charge in [-0.15, -0.1) is 0 Å². The highest BCUT2D eigenvalue weighted by atomic mass is 16.3. The van der Waals surface area contributed by atoms with Gasteiger partial charge in [0.2, 0.25) is 0 Å². The molecule has 2 fully saturated rings. The van der Waals surface area contributed by atoms with Crippen molar-refractivity contribution in [3.05, 3.63) is 0 Å². The van der Waals surface area contributed by atoms with E-state index in [1.807, 2.05) is 0 Å². The largest absolute Gasteiger partial charge is 0.388 e. The second kappa shape index (κ2) is 5.68. The van der Waals surface area contributed by atoms with E-state index >= 15 is 0 Å². The van der Waals surface area contributed by atoms with Gasteiger partial charge in [-0.3, -0.25) is 0 Å². The number of hydrogen-bond acceptors (Lipinski definition) is 3. The number of aliphatic hydroxyl groups is 1. The number of rotatable bonds is 4. The van der Waals surface area contributed by atoms with Crippen LogP contribution in [0, 0.1) is 11.8 Å². The molecule has 1 saturated carbocycles. The molecule has 0 aromatic rings. The standard InChI is InChI=1S/C14H28N2O/c1-12-4-3-8-16(10-12)9-6-13-5-2-7-14(13,17)11-15/h12-13,17H,2-11,15H2,1H3. The Hall–Kier alpha value is -0.120. The van der Waals surface area contributed by atoms with Crippen LogP contribution in [-0.2, 0) is 0 Å². The van der Waals surface area contributed by atoms with Crippen molar-refractivity contribution in [2.45, 2.75) is 51.0 Å². The van der Waals surface area contributed by atoms with Gasteiger partial charge in [0.05, 0.1) is 5.60 Å². The lowest BCUT2D eigenvalue weighted by Crippen LogP contribution is -2.43. The molecule has 0 spiro atoms. The molecule has 2 rings (SSSR count). The Morgan fingerprint density at radius 1 is 1.35 bits per heavy atom. The van der Waals surface area contributed by atoms with Crippen LogP contribution in [0.2, 0.25) is 0 Å². The molecule has 100 valence electrons. The summed E-state index contributed by atoms with van der Waals surface area (Å²) < 4.78 is 0. The van der Waals surface area contributed by atoms with E-state index < -0.39 is 5.60 Å². The summed E-state index contributed by atoms with van der Waals surface area (Å²) in [6.07, 6.45) is 7.07. The van der Waals surface area contributed by atoms with Crippen molar-refractivity contribution in [3.8, 4) is 0 Å². The maximum atomic E-state index is 10.4. The fourth-order valence-corrected chi connectivity index (χ4v) is 3.64. The third-order valence-electron chi connectivity index (χ3n) is 4.81. The first kappa shape index (κ1) is 13.3. The van der Waals surface area contributed by atoms with Crippen LogP contribution >= 0.6 is 0 Å². The third-order valence-corrected chi connectivity index (χ3v) is 4.81. The first-order valence-electron chi connectivity index (χ1n) is 7.29. The van der Waals surface area contributed by atoms with Crippen molar-refractivity contribution in [1.82, 2.24) is 4.90 Å². The van der Waals surface area contributed by atoms with Gasteiger partial charge in [-0.2, -0.15) is 0 Å². The van der Waals surface area contributed by atoms with Crippen LogP contribution in [0.25, 0.3) is 0 Å². The summed E-state index contributed by atoms with van der Waals surface area (Å²) in [4.78, 5) is 2.57. The molecule has 0 amide bonds. The summed E-state index contributed by atoms with van der Waals surface area (Å²) >= 11 is 0. The van der Waals surface area contributed by atoms with Gasteiger partial charge in [0.1, 0.15) is 0 Å². The summed E-state index contributed by atoms with van der Waals surface area (Å²) in [5.74, 6) is 1.28. The minimum Gasteiger partial charge on any atom is -0.388 e. The first-order valence-corrected chi connectivity index (χ1v) is 7.29. The van der Waals surface area contributed by atoms with Gasteiger partial charge in [0.15, 0.2) is 0 Å². The molecule has 0 radical (unpaired) electrons. The molecule has 1 aliphatic heterocycles. The molecular formula is C14H28N2O. The zero-order chi connectivity index (χ0) is 12.3. The summed E-state index contributed by atoms with van der Waals surface area (Å²) in [6, 6.07) is 0.